The Kier molecular flexibility index (Phi) is 7.24. The molecule has 9 nitrogen and oxygen atoms in total. The molecule has 0 aliphatic carbocycles. The minimum absolute atomic E-state index is 0.0492. The van der Waals surface area contributed by atoms with E-state index in [4.69, 9.17) is 23.7 Å². The number of nitrogens with zero attached hydrogens (tertiary/aromatic N) is 1. The van der Waals surface area contributed by atoms with Crippen LogP contribution in [0.1, 0.15) is 24.9 Å². The first-order valence-corrected chi connectivity index (χ1v) is 13.1. The zero-order valence-electron chi connectivity index (χ0n) is 21.8. The van der Waals surface area contributed by atoms with E-state index in [1.54, 1.807) is 48.7 Å². The zero-order chi connectivity index (χ0) is 27.5. The van der Waals surface area contributed by atoms with Crippen molar-refractivity contribution in [1.29, 1.82) is 0 Å². The van der Waals surface area contributed by atoms with E-state index in [1.165, 1.54) is 12.1 Å². The van der Waals surface area contributed by atoms with Gasteiger partial charge in [-0.25, -0.2) is 9.18 Å². The Bertz CT molecular complexity index is 1510. The molecular formula is C30H28FN3O6. The summed E-state index contributed by atoms with van der Waals surface area (Å²) < 4.78 is 43.0. The number of urea groups is 1. The van der Waals surface area contributed by atoms with Gasteiger partial charge in [0.15, 0.2) is 11.5 Å². The Morgan fingerprint density at radius 2 is 1.77 bits per heavy atom. The zero-order valence-corrected chi connectivity index (χ0v) is 21.8. The van der Waals surface area contributed by atoms with Crippen LogP contribution in [0.2, 0.25) is 0 Å². The summed E-state index contributed by atoms with van der Waals surface area (Å²) in [6, 6.07) is 15.9. The molecule has 3 aromatic carbocycles. The molecule has 2 aliphatic rings. The molecule has 0 spiro atoms. The highest BCUT2D eigenvalue weighted by Crippen LogP contribution is 2.48. The maximum absolute atomic E-state index is 13.2. The minimum atomic E-state index is -0.378. The first-order chi connectivity index (χ1) is 19.5. The van der Waals surface area contributed by atoms with Crippen LogP contribution in [0.4, 0.5) is 14.9 Å². The SMILES string of the molecule is C[C@@H](NC(=O)Nc1ccc(Oc2ccnc3cc(OC4CCOC4)c4c(c23)OCCO4)cc1)c1ccc(F)cc1. The Morgan fingerprint density at radius 3 is 2.52 bits per heavy atom. The van der Waals surface area contributed by atoms with E-state index in [0.29, 0.717) is 71.8 Å². The Hall–Kier alpha value is -4.57. The summed E-state index contributed by atoms with van der Waals surface area (Å²) in [6.45, 7) is 3.84. The summed E-state index contributed by atoms with van der Waals surface area (Å²) in [6.07, 6.45) is 2.43. The molecule has 6 rings (SSSR count). The molecule has 10 heteroatoms. The third-order valence-electron chi connectivity index (χ3n) is 6.68. The lowest BCUT2D eigenvalue weighted by atomic mass is 10.1. The van der Waals surface area contributed by atoms with Crippen LogP contribution in [0.25, 0.3) is 10.9 Å². The van der Waals surface area contributed by atoms with Crippen molar-refractivity contribution in [3.63, 3.8) is 0 Å². The van der Waals surface area contributed by atoms with Crippen LogP contribution in [0, 0.1) is 5.82 Å². The molecule has 2 atom stereocenters. The molecule has 206 valence electrons. The third kappa shape index (κ3) is 5.57. The molecule has 0 radical (unpaired) electrons. The third-order valence-corrected chi connectivity index (χ3v) is 6.68. The van der Waals surface area contributed by atoms with Crippen LogP contribution >= 0.6 is 0 Å². The number of ether oxygens (including phenoxy) is 5. The predicted molar refractivity (Wildman–Crippen MR) is 146 cm³/mol. The first-order valence-electron chi connectivity index (χ1n) is 13.1. The van der Waals surface area contributed by atoms with Gasteiger partial charge in [0.1, 0.15) is 36.6 Å². The van der Waals surface area contributed by atoms with E-state index in [1.807, 2.05) is 13.0 Å². The Labute approximate surface area is 230 Å². The van der Waals surface area contributed by atoms with E-state index >= 15 is 0 Å². The molecule has 0 bridgehead atoms. The van der Waals surface area contributed by atoms with Gasteiger partial charge in [0.25, 0.3) is 0 Å². The number of halogens is 1. The predicted octanol–water partition coefficient (Wildman–Crippen LogP) is 5.99. The maximum Gasteiger partial charge on any atom is 0.319 e. The van der Waals surface area contributed by atoms with Crippen LogP contribution in [-0.4, -0.2) is 43.5 Å². The van der Waals surface area contributed by atoms with Gasteiger partial charge in [-0.2, -0.15) is 0 Å². The van der Waals surface area contributed by atoms with Crippen molar-refractivity contribution in [3.8, 4) is 28.7 Å². The highest BCUT2D eigenvalue weighted by atomic mass is 19.1. The van der Waals surface area contributed by atoms with Crippen LogP contribution in [0.15, 0.2) is 66.9 Å². The molecule has 1 unspecified atom stereocenters. The van der Waals surface area contributed by atoms with Crippen LogP contribution in [0.5, 0.6) is 28.7 Å². The molecule has 40 heavy (non-hydrogen) atoms. The number of pyridine rings is 1. The number of anilines is 1. The average molecular weight is 546 g/mol. The fourth-order valence-corrected chi connectivity index (χ4v) is 4.66. The fraction of sp³-hybridized carbons (Fsp3) is 0.267. The fourth-order valence-electron chi connectivity index (χ4n) is 4.66. The van der Waals surface area contributed by atoms with Crippen LogP contribution < -0.4 is 29.6 Å². The second-order valence-electron chi connectivity index (χ2n) is 9.53. The molecule has 2 N–H and O–H groups in total. The maximum atomic E-state index is 13.2. The number of fused-ring (bicyclic) bond motifs is 3. The largest absolute Gasteiger partial charge is 0.485 e. The molecular weight excluding hydrogens is 517 g/mol. The summed E-state index contributed by atoms with van der Waals surface area (Å²) in [4.78, 5) is 17.0. The van der Waals surface area contributed by atoms with Crippen molar-refractivity contribution >= 4 is 22.6 Å². The number of benzene rings is 3. The number of hydrogen-bond acceptors (Lipinski definition) is 7. The van der Waals surface area contributed by atoms with Crippen molar-refractivity contribution in [3.05, 3.63) is 78.2 Å². The van der Waals surface area contributed by atoms with Gasteiger partial charge in [0.05, 0.1) is 30.2 Å². The number of aromatic nitrogens is 1. The second kappa shape index (κ2) is 11.3. The van der Waals surface area contributed by atoms with E-state index in [9.17, 15) is 9.18 Å². The lowest BCUT2D eigenvalue weighted by Gasteiger charge is -2.24. The standard InChI is InChI=1S/C30H28FN3O6/c1-18(19-2-4-20(31)5-3-19)33-30(35)34-21-6-8-22(9-7-21)39-25-10-12-32-24-16-26(40-23-11-13-36-17-23)28-29(27(24)25)38-15-14-37-28/h2-10,12,16,18,23H,11,13-15,17H2,1H3,(H2,33,34,35)/t18-,23?/m1/s1. The van der Waals surface area contributed by atoms with Crippen LogP contribution in [0.3, 0.4) is 0 Å². The number of carbonyl (C=O) groups excluding carboxylic acids is 1. The summed E-state index contributed by atoms with van der Waals surface area (Å²) in [5.74, 6) is 2.43. The van der Waals surface area contributed by atoms with Crippen molar-refractivity contribution in [2.75, 3.05) is 31.7 Å². The van der Waals surface area contributed by atoms with Crippen LogP contribution in [-0.2, 0) is 4.74 Å². The molecule has 2 aliphatic heterocycles. The highest BCUT2D eigenvalue weighted by molar-refractivity contribution is 5.95. The summed E-state index contributed by atoms with van der Waals surface area (Å²) >= 11 is 0. The average Bonchev–Trinajstić information content (AvgIpc) is 3.48. The highest BCUT2D eigenvalue weighted by Gasteiger charge is 2.27. The van der Waals surface area contributed by atoms with Gasteiger partial charge in [-0.3, -0.25) is 4.98 Å². The number of nitrogens with one attached hydrogen (secondary N) is 2. The van der Waals surface area contributed by atoms with Gasteiger partial charge in [-0.05, 0) is 55.0 Å². The summed E-state index contributed by atoms with van der Waals surface area (Å²) in [5, 5.41) is 6.33. The lowest BCUT2D eigenvalue weighted by Crippen LogP contribution is -2.31. The molecule has 1 aromatic heterocycles. The minimum Gasteiger partial charge on any atom is -0.485 e. The molecule has 0 saturated carbocycles. The number of carbonyl (C=O) groups is 1. The quantitative estimate of drug-likeness (QED) is 0.294. The normalized spacial score (nSPS) is 16.8. The summed E-state index contributed by atoms with van der Waals surface area (Å²) in [5.41, 5.74) is 2.04. The van der Waals surface area contributed by atoms with Gasteiger partial charge in [-0.15, -0.1) is 0 Å². The number of amides is 2. The van der Waals surface area contributed by atoms with E-state index in [-0.39, 0.29) is 24.0 Å². The smallest absolute Gasteiger partial charge is 0.319 e. The van der Waals surface area contributed by atoms with Crippen molar-refractivity contribution in [2.45, 2.75) is 25.5 Å². The van der Waals surface area contributed by atoms with Gasteiger partial charge in [-0.1, -0.05) is 12.1 Å². The number of rotatable bonds is 7. The molecule has 1 saturated heterocycles. The van der Waals surface area contributed by atoms with Crippen molar-refractivity contribution in [1.82, 2.24) is 10.3 Å². The summed E-state index contributed by atoms with van der Waals surface area (Å²) in [7, 11) is 0. The first kappa shape index (κ1) is 25.7. The topological polar surface area (TPSA) is 100 Å². The Morgan fingerprint density at radius 1 is 1.00 bits per heavy atom. The second-order valence-corrected chi connectivity index (χ2v) is 9.53. The van der Waals surface area contributed by atoms with Gasteiger partial charge in [0, 0.05) is 24.4 Å². The van der Waals surface area contributed by atoms with E-state index in [2.05, 4.69) is 15.6 Å². The molecule has 3 heterocycles. The van der Waals surface area contributed by atoms with Gasteiger partial charge < -0.3 is 34.3 Å². The number of hydrogen-bond donors (Lipinski definition) is 2. The monoisotopic (exact) mass is 545 g/mol. The Balaban J connectivity index is 1.17. The van der Waals surface area contributed by atoms with Gasteiger partial charge >= 0.3 is 6.03 Å². The molecule has 4 aromatic rings. The van der Waals surface area contributed by atoms with E-state index < -0.39 is 0 Å². The molecule has 1 fully saturated rings. The van der Waals surface area contributed by atoms with Crippen molar-refractivity contribution < 1.29 is 32.9 Å². The van der Waals surface area contributed by atoms with Gasteiger partial charge in [0.2, 0.25) is 5.75 Å². The lowest BCUT2D eigenvalue weighted by molar-refractivity contribution is 0.128. The van der Waals surface area contributed by atoms with Crippen molar-refractivity contribution in [2.24, 2.45) is 0 Å². The van der Waals surface area contributed by atoms with E-state index in [0.717, 1.165) is 12.0 Å². The molecule has 2 amide bonds.